The molecule has 4 fully saturated rings. The summed E-state index contributed by atoms with van der Waals surface area (Å²) >= 11 is 0. The molecule has 4 saturated heterocycles. The van der Waals surface area contributed by atoms with Crippen molar-refractivity contribution in [3.8, 4) is 0 Å². The van der Waals surface area contributed by atoms with Gasteiger partial charge >= 0.3 is 12.1 Å². The minimum Gasteiger partial charge on any atom is -0.319 e. The Labute approximate surface area is 127 Å². The third-order valence-corrected chi connectivity index (χ3v) is 4.54. The Kier molecular flexibility index (Phi) is 2.83. The molecular weight excluding hydrogens is 296 g/mol. The molecule has 0 aliphatic carbocycles. The summed E-state index contributed by atoms with van der Waals surface area (Å²) < 4.78 is 23.3. The van der Waals surface area contributed by atoms with Crippen LogP contribution in [0.25, 0.3) is 0 Å². The maximum atomic E-state index is 12.0. The molecule has 10 heteroatoms. The van der Waals surface area contributed by atoms with E-state index in [0.717, 1.165) is 0 Å². The number of likely N-dealkylation sites (N-methyl/N-ethyl adjacent to an activating group) is 4. The Morgan fingerprint density at radius 3 is 1.05 bits per heavy atom. The van der Waals surface area contributed by atoms with Crippen LogP contribution in [0.1, 0.15) is 0 Å². The van der Waals surface area contributed by atoms with Gasteiger partial charge in [0.15, 0.2) is 24.9 Å². The van der Waals surface area contributed by atoms with Crippen LogP contribution in [0.3, 0.4) is 0 Å². The molecule has 4 rings (SSSR count). The molecule has 4 aliphatic rings. The van der Waals surface area contributed by atoms with Crippen LogP contribution >= 0.6 is 0 Å². The quantitative estimate of drug-likeness (QED) is 0.572. The van der Waals surface area contributed by atoms with Crippen molar-refractivity contribution in [2.75, 3.05) is 28.2 Å². The van der Waals surface area contributed by atoms with Gasteiger partial charge in [0.2, 0.25) is 12.6 Å². The van der Waals surface area contributed by atoms with E-state index in [9.17, 15) is 9.59 Å². The molecule has 22 heavy (non-hydrogen) atoms. The van der Waals surface area contributed by atoms with Crippen LogP contribution in [0.5, 0.6) is 0 Å². The normalized spacial score (nSPS) is 44.4. The van der Waals surface area contributed by atoms with E-state index >= 15 is 0 Å². The highest BCUT2D eigenvalue weighted by molar-refractivity contribution is 5.77. The number of nitrogens with zero attached hydrogens (tertiary/aromatic N) is 4. The van der Waals surface area contributed by atoms with Crippen molar-refractivity contribution in [2.24, 2.45) is 0 Å². The molecule has 6 atom stereocenters. The predicted octanol–water partition coefficient (Wildman–Crippen LogP) is -0.969. The maximum absolute atomic E-state index is 12.0. The van der Waals surface area contributed by atoms with E-state index in [1.165, 1.54) is 19.6 Å². The van der Waals surface area contributed by atoms with Gasteiger partial charge in [0, 0.05) is 28.2 Å². The maximum Gasteiger partial charge on any atom is 0.323 e. The van der Waals surface area contributed by atoms with Gasteiger partial charge in [0.25, 0.3) is 0 Å². The fourth-order valence-electron chi connectivity index (χ4n) is 3.20. The summed E-state index contributed by atoms with van der Waals surface area (Å²) in [5.74, 6) is 0. The lowest BCUT2D eigenvalue weighted by molar-refractivity contribution is -0.438. The van der Waals surface area contributed by atoms with Crippen LogP contribution in [0, 0.1) is 0 Å². The van der Waals surface area contributed by atoms with E-state index in [1.54, 1.807) is 28.2 Å². The molecule has 4 heterocycles. The molecule has 2 unspecified atom stereocenters. The van der Waals surface area contributed by atoms with E-state index in [0.29, 0.717) is 0 Å². The van der Waals surface area contributed by atoms with Crippen LogP contribution < -0.4 is 0 Å². The second-order valence-corrected chi connectivity index (χ2v) is 5.85. The van der Waals surface area contributed by atoms with Crippen molar-refractivity contribution in [3.05, 3.63) is 0 Å². The molecule has 4 amide bonds. The van der Waals surface area contributed by atoms with E-state index < -0.39 is 37.5 Å². The van der Waals surface area contributed by atoms with Gasteiger partial charge in [-0.15, -0.1) is 0 Å². The first-order valence-electron chi connectivity index (χ1n) is 7.01. The number of rotatable bonds is 0. The fourth-order valence-corrected chi connectivity index (χ4v) is 3.20. The summed E-state index contributed by atoms with van der Waals surface area (Å²) in [7, 11) is 6.55. The second kappa shape index (κ2) is 4.44. The topological polar surface area (TPSA) is 84.0 Å². The highest BCUT2D eigenvalue weighted by atomic mass is 16.8. The molecule has 4 aliphatic heterocycles. The zero-order chi connectivity index (χ0) is 15.8. The Bertz CT molecular complexity index is 446. The number of fused-ring (bicyclic) bond motifs is 3. The summed E-state index contributed by atoms with van der Waals surface area (Å²) in [6.45, 7) is 0. The van der Waals surface area contributed by atoms with Gasteiger partial charge in [-0.3, -0.25) is 19.6 Å². The average molecular weight is 314 g/mol. The molecule has 0 radical (unpaired) electrons. The summed E-state index contributed by atoms with van der Waals surface area (Å²) in [5, 5.41) is 0. The van der Waals surface area contributed by atoms with E-state index in [1.807, 2.05) is 0 Å². The third-order valence-electron chi connectivity index (χ3n) is 4.54. The lowest BCUT2D eigenvalue weighted by Gasteiger charge is -2.45. The van der Waals surface area contributed by atoms with Crippen LogP contribution in [0.2, 0.25) is 0 Å². The van der Waals surface area contributed by atoms with Crippen LogP contribution in [0.15, 0.2) is 0 Å². The molecule has 0 aromatic rings. The van der Waals surface area contributed by atoms with E-state index in [4.69, 9.17) is 18.9 Å². The first kappa shape index (κ1) is 14.0. The number of carbonyl (C=O) groups excluding carboxylic acids is 2. The molecule has 0 bridgehead atoms. The first-order valence-corrected chi connectivity index (χ1v) is 7.01. The molecule has 0 aromatic carbocycles. The van der Waals surface area contributed by atoms with Gasteiger partial charge in [0.05, 0.1) is 0 Å². The molecule has 0 spiro atoms. The molecule has 0 saturated carbocycles. The van der Waals surface area contributed by atoms with Crippen LogP contribution in [-0.2, 0) is 18.9 Å². The summed E-state index contributed by atoms with van der Waals surface area (Å²) in [5.41, 5.74) is 0. The van der Waals surface area contributed by atoms with Crippen molar-refractivity contribution in [3.63, 3.8) is 0 Å². The number of amides is 4. The van der Waals surface area contributed by atoms with Crippen molar-refractivity contribution >= 4 is 12.1 Å². The Morgan fingerprint density at radius 2 is 0.818 bits per heavy atom. The smallest absolute Gasteiger partial charge is 0.319 e. The highest BCUT2D eigenvalue weighted by Crippen LogP contribution is 2.37. The highest BCUT2D eigenvalue weighted by Gasteiger charge is 2.58. The number of hydrogen-bond donors (Lipinski definition) is 0. The molecular formula is C12H18N4O6. The van der Waals surface area contributed by atoms with Gasteiger partial charge in [-0.1, -0.05) is 0 Å². The number of urea groups is 2. The monoisotopic (exact) mass is 314 g/mol. The zero-order valence-corrected chi connectivity index (χ0v) is 12.7. The first-order chi connectivity index (χ1) is 10.4. The zero-order valence-electron chi connectivity index (χ0n) is 12.7. The number of ether oxygens (including phenoxy) is 4. The average Bonchev–Trinajstić information content (AvgIpc) is 2.85. The van der Waals surface area contributed by atoms with Crippen LogP contribution in [0.4, 0.5) is 9.59 Å². The lowest BCUT2D eigenvalue weighted by atomic mass is 10.3. The van der Waals surface area contributed by atoms with Crippen molar-refractivity contribution in [1.82, 2.24) is 19.6 Å². The molecule has 0 N–H and O–H groups in total. The van der Waals surface area contributed by atoms with Crippen LogP contribution in [-0.4, -0.2) is 97.3 Å². The summed E-state index contributed by atoms with van der Waals surface area (Å²) in [6, 6.07) is -0.392. The van der Waals surface area contributed by atoms with E-state index in [-0.39, 0.29) is 12.1 Å². The Hall–Kier alpha value is -1.62. The van der Waals surface area contributed by atoms with Crippen molar-refractivity contribution < 1.29 is 28.5 Å². The minimum absolute atomic E-state index is 0.196. The third kappa shape index (κ3) is 1.63. The Morgan fingerprint density at radius 1 is 0.591 bits per heavy atom. The summed E-state index contributed by atoms with van der Waals surface area (Å²) in [4.78, 5) is 29.7. The minimum atomic E-state index is -0.800. The van der Waals surface area contributed by atoms with Gasteiger partial charge in [-0.05, 0) is 0 Å². The van der Waals surface area contributed by atoms with Crippen molar-refractivity contribution in [1.29, 1.82) is 0 Å². The summed E-state index contributed by atoms with van der Waals surface area (Å²) in [6.07, 6.45) is -3.88. The SMILES string of the molecule is CN1C(=O)N(C)[C@H]2OC3O[C@@H]4[C@H](OC3O[C@H]21)N(C)C(=O)N4C. The lowest BCUT2D eigenvalue weighted by Crippen LogP contribution is -2.62. The van der Waals surface area contributed by atoms with Gasteiger partial charge in [-0.25, -0.2) is 9.59 Å². The van der Waals surface area contributed by atoms with Gasteiger partial charge < -0.3 is 18.9 Å². The predicted molar refractivity (Wildman–Crippen MR) is 68.9 cm³/mol. The van der Waals surface area contributed by atoms with Gasteiger partial charge in [-0.2, -0.15) is 0 Å². The second-order valence-electron chi connectivity index (χ2n) is 5.85. The van der Waals surface area contributed by atoms with Gasteiger partial charge in [0.1, 0.15) is 0 Å². The largest absolute Gasteiger partial charge is 0.323 e. The molecule has 10 nitrogen and oxygen atoms in total. The van der Waals surface area contributed by atoms with E-state index in [2.05, 4.69) is 0 Å². The van der Waals surface area contributed by atoms with Crippen molar-refractivity contribution in [2.45, 2.75) is 37.5 Å². The fraction of sp³-hybridized carbons (Fsp3) is 0.833. The molecule has 0 aromatic heterocycles. The number of hydrogen-bond acceptors (Lipinski definition) is 6. The standard InChI is InChI=1S/C12H18N4O6/c1-13-5-6(14(2)11(13)17)20-10-9(19-5)21-7-8(22-10)16(4)12(18)15(7)3/h5-10H,1-4H3/t5-,6+,7+,8-,9?,10?. The Balaban J connectivity index is 1.57. The molecule has 122 valence electrons. The number of carbonyl (C=O) groups is 2.